The molecule has 0 atom stereocenters. The van der Waals surface area contributed by atoms with Gasteiger partial charge < -0.3 is 20.7 Å². The fourth-order valence-corrected chi connectivity index (χ4v) is 2.53. The predicted octanol–water partition coefficient (Wildman–Crippen LogP) is 0.456. The number of methoxy groups -OCH3 is 1. The van der Waals surface area contributed by atoms with Crippen LogP contribution in [0.2, 0.25) is 0 Å². The highest BCUT2D eigenvalue weighted by Gasteiger charge is 2.35. The summed E-state index contributed by atoms with van der Waals surface area (Å²) in [5.74, 6) is 1.48. The van der Waals surface area contributed by atoms with Crippen molar-refractivity contribution in [2.45, 2.75) is 6.42 Å². The van der Waals surface area contributed by atoms with Crippen molar-refractivity contribution in [3.8, 4) is 5.75 Å². The lowest BCUT2D eigenvalue weighted by Gasteiger charge is -2.20. The minimum atomic E-state index is -0.206. The molecule has 4 N–H and O–H groups in total. The van der Waals surface area contributed by atoms with E-state index in [1.807, 2.05) is 0 Å². The number of carbonyl (C=O) groups is 1. The van der Waals surface area contributed by atoms with Crippen molar-refractivity contribution < 1.29 is 9.53 Å². The summed E-state index contributed by atoms with van der Waals surface area (Å²) < 4.78 is 5.12. The second kappa shape index (κ2) is 6.27. The van der Waals surface area contributed by atoms with Crippen LogP contribution < -0.4 is 20.7 Å². The molecule has 0 radical (unpaired) electrons. The summed E-state index contributed by atoms with van der Waals surface area (Å²) in [5, 5.41) is 11.3. The topological polar surface area (TPSA) is 119 Å². The molecule has 0 bridgehead atoms. The van der Waals surface area contributed by atoms with Gasteiger partial charge in [-0.1, -0.05) is 0 Å². The molecule has 0 spiro atoms. The van der Waals surface area contributed by atoms with Crippen molar-refractivity contribution in [2.75, 3.05) is 26.1 Å². The highest BCUT2D eigenvalue weighted by molar-refractivity contribution is 6.29. The van der Waals surface area contributed by atoms with Crippen molar-refractivity contribution in [1.29, 1.82) is 5.41 Å². The number of ether oxygens (including phenoxy) is 1. The van der Waals surface area contributed by atoms with Crippen molar-refractivity contribution in [3.63, 3.8) is 0 Å². The van der Waals surface area contributed by atoms with Gasteiger partial charge in [0.05, 0.1) is 19.2 Å². The molecule has 0 aliphatic carbocycles. The molecule has 1 saturated heterocycles. The van der Waals surface area contributed by atoms with E-state index in [2.05, 4.69) is 15.3 Å². The van der Waals surface area contributed by atoms with Gasteiger partial charge in [-0.25, -0.2) is 0 Å². The quantitative estimate of drug-likeness (QED) is 0.722. The highest BCUT2D eigenvalue weighted by atomic mass is 16.5. The van der Waals surface area contributed by atoms with E-state index in [0.717, 1.165) is 0 Å². The van der Waals surface area contributed by atoms with Gasteiger partial charge in [0, 0.05) is 19.7 Å². The summed E-state index contributed by atoms with van der Waals surface area (Å²) in [6.45, 7) is 0. The Bertz CT molecular complexity index is 821. The number of hydrogen-bond donors (Lipinski definition) is 3. The monoisotopic (exact) mass is 341 g/mol. The Morgan fingerprint density at radius 3 is 2.56 bits per heavy atom. The number of carbonyl (C=O) groups excluding carboxylic acids is 1. The smallest absolute Gasteiger partial charge is 0.237 e. The SMILES string of the molecule is COc1ccc(N2C(=N)C(=C3N=C(N(C)C)N=C(N)N3)CC2=O)cc1. The molecular formula is C16H19N7O2. The van der Waals surface area contributed by atoms with Crippen LogP contribution in [0.25, 0.3) is 0 Å². The van der Waals surface area contributed by atoms with Crippen LogP contribution in [0.4, 0.5) is 5.69 Å². The third kappa shape index (κ3) is 3.03. The first-order chi connectivity index (χ1) is 11.9. The van der Waals surface area contributed by atoms with E-state index in [1.54, 1.807) is 50.4 Å². The first-order valence-electron chi connectivity index (χ1n) is 7.57. The van der Waals surface area contributed by atoms with Crippen LogP contribution in [0.15, 0.2) is 45.6 Å². The second-order valence-corrected chi connectivity index (χ2v) is 5.71. The Labute approximate surface area is 145 Å². The van der Waals surface area contributed by atoms with Crippen molar-refractivity contribution in [1.82, 2.24) is 10.2 Å². The van der Waals surface area contributed by atoms with Crippen LogP contribution in [-0.4, -0.2) is 49.8 Å². The van der Waals surface area contributed by atoms with Crippen LogP contribution in [0.5, 0.6) is 5.75 Å². The number of nitrogens with two attached hydrogens (primary N) is 1. The van der Waals surface area contributed by atoms with E-state index in [-0.39, 0.29) is 24.1 Å². The van der Waals surface area contributed by atoms with Crippen molar-refractivity contribution in [2.24, 2.45) is 15.7 Å². The lowest BCUT2D eigenvalue weighted by molar-refractivity contribution is -0.116. The second-order valence-electron chi connectivity index (χ2n) is 5.71. The summed E-state index contributed by atoms with van der Waals surface area (Å²) >= 11 is 0. The van der Waals surface area contributed by atoms with E-state index < -0.39 is 0 Å². The maximum absolute atomic E-state index is 12.5. The summed E-state index contributed by atoms with van der Waals surface area (Å²) in [4.78, 5) is 24.0. The first-order valence-corrected chi connectivity index (χ1v) is 7.57. The number of aliphatic imine (C=N–C) groups is 2. The van der Waals surface area contributed by atoms with E-state index in [9.17, 15) is 4.79 Å². The van der Waals surface area contributed by atoms with Gasteiger partial charge in [-0.05, 0) is 24.3 Å². The molecule has 0 aromatic heterocycles. The Morgan fingerprint density at radius 2 is 1.96 bits per heavy atom. The molecule has 1 fully saturated rings. The zero-order valence-corrected chi connectivity index (χ0v) is 14.2. The molecule has 2 aliphatic rings. The number of hydrogen-bond acceptors (Lipinski definition) is 8. The van der Waals surface area contributed by atoms with Gasteiger partial charge in [0.1, 0.15) is 17.4 Å². The first kappa shape index (κ1) is 16.5. The largest absolute Gasteiger partial charge is 0.497 e. The van der Waals surface area contributed by atoms with Gasteiger partial charge in [0.2, 0.25) is 17.8 Å². The molecule has 3 rings (SSSR count). The number of nitrogens with zero attached hydrogens (tertiary/aromatic N) is 4. The number of amidine groups is 1. The molecule has 9 heteroatoms. The molecule has 0 saturated carbocycles. The minimum Gasteiger partial charge on any atom is -0.497 e. The third-order valence-electron chi connectivity index (χ3n) is 3.78. The van der Waals surface area contributed by atoms with Crippen LogP contribution in [-0.2, 0) is 4.79 Å². The molecule has 9 nitrogen and oxygen atoms in total. The molecule has 1 amide bonds. The normalized spacial score (nSPS) is 20.2. The summed E-state index contributed by atoms with van der Waals surface area (Å²) in [6, 6.07) is 6.95. The van der Waals surface area contributed by atoms with Crippen LogP contribution in [0.3, 0.4) is 0 Å². The fourth-order valence-electron chi connectivity index (χ4n) is 2.53. The molecule has 1 aromatic carbocycles. The maximum Gasteiger partial charge on any atom is 0.237 e. The standard InChI is InChI=1S/C16H19N7O2/c1-22(2)16-20-14(19-15(18)21-16)11-8-12(24)23(13(11)17)9-4-6-10(25-3)7-5-9/h4-7,17H,8H2,1-3H3,(H3,18,19,20,21). The molecule has 1 aromatic rings. The van der Waals surface area contributed by atoms with E-state index in [0.29, 0.717) is 28.8 Å². The van der Waals surface area contributed by atoms with Gasteiger partial charge in [-0.3, -0.25) is 15.1 Å². The lowest BCUT2D eigenvalue weighted by atomic mass is 10.2. The van der Waals surface area contributed by atoms with Gasteiger partial charge in [0.25, 0.3) is 0 Å². The van der Waals surface area contributed by atoms with Gasteiger partial charge >= 0.3 is 0 Å². The Morgan fingerprint density at radius 1 is 1.28 bits per heavy atom. The molecule has 25 heavy (non-hydrogen) atoms. The molecule has 2 heterocycles. The molecule has 130 valence electrons. The summed E-state index contributed by atoms with van der Waals surface area (Å²) in [5.41, 5.74) is 6.86. The lowest BCUT2D eigenvalue weighted by Crippen LogP contribution is -2.39. The minimum absolute atomic E-state index is 0.0602. The molecular weight excluding hydrogens is 322 g/mol. The average molecular weight is 341 g/mol. The Hall–Kier alpha value is -3.36. The summed E-state index contributed by atoms with van der Waals surface area (Å²) in [7, 11) is 5.15. The molecule has 2 aliphatic heterocycles. The Kier molecular flexibility index (Phi) is 4.14. The number of guanidine groups is 2. The van der Waals surface area contributed by atoms with Crippen LogP contribution in [0, 0.1) is 5.41 Å². The van der Waals surface area contributed by atoms with E-state index in [1.165, 1.54) is 4.90 Å². The zero-order valence-electron chi connectivity index (χ0n) is 14.2. The number of rotatable bonds is 2. The zero-order chi connectivity index (χ0) is 18.1. The number of amides is 1. The number of nitrogens with one attached hydrogen (secondary N) is 2. The van der Waals surface area contributed by atoms with Gasteiger partial charge in [-0.15, -0.1) is 0 Å². The predicted molar refractivity (Wildman–Crippen MR) is 95.7 cm³/mol. The highest BCUT2D eigenvalue weighted by Crippen LogP contribution is 2.29. The number of benzene rings is 1. The van der Waals surface area contributed by atoms with Gasteiger partial charge in [0.15, 0.2) is 0 Å². The van der Waals surface area contributed by atoms with Crippen molar-refractivity contribution >= 4 is 29.3 Å². The van der Waals surface area contributed by atoms with Crippen LogP contribution >= 0.6 is 0 Å². The fraction of sp³-hybridized carbons (Fsp3) is 0.250. The van der Waals surface area contributed by atoms with Crippen molar-refractivity contribution in [3.05, 3.63) is 35.7 Å². The summed E-state index contributed by atoms with van der Waals surface area (Å²) in [6.07, 6.45) is 0.0602. The van der Waals surface area contributed by atoms with Gasteiger partial charge in [-0.2, -0.15) is 9.98 Å². The third-order valence-corrected chi connectivity index (χ3v) is 3.78. The van der Waals surface area contributed by atoms with Crippen LogP contribution in [0.1, 0.15) is 6.42 Å². The Balaban J connectivity index is 1.97. The van der Waals surface area contributed by atoms with E-state index >= 15 is 0 Å². The number of anilines is 1. The molecule has 0 unspecified atom stereocenters. The average Bonchev–Trinajstić information content (AvgIpc) is 2.89. The maximum atomic E-state index is 12.5. The van der Waals surface area contributed by atoms with E-state index in [4.69, 9.17) is 15.9 Å².